The topological polar surface area (TPSA) is 80.9 Å². The second-order valence-electron chi connectivity index (χ2n) is 4.88. The van der Waals surface area contributed by atoms with Gasteiger partial charge in [-0.25, -0.2) is 0 Å². The summed E-state index contributed by atoms with van der Waals surface area (Å²) in [6, 6.07) is 1.75. The Morgan fingerprint density at radius 2 is 2.18 bits per heavy atom. The van der Waals surface area contributed by atoms with E-state index in [0.717, 1.165) is 25.0 Å². The van der Waals surface area contributed by atoms with Gasteiger partial charge in [0.05, 0.1) is 17.0 Å². The van der Waals surface area contributed by atoms with Crippen LogP contribution in [0.4, 0.5) is 0 Å². The molecular formula is C12H18N4O. The highest BCUT2D eigenvalue weighted by Gasteiger charge is 2.32. The average molecular weight is 234 g/mol. The van der Waals surface area contributed by atoms with Crippen LogP contribution in [-0.4, -0.2) is 28.2 Å². The predicted octanol–water partition coefficient (Wildman–Crippen LogP) is 0.705. The lowest BCUT2D eigenvalue weighted by Gasteiger charge is -2.38. The summed E-state index contributed by atoms with van der Waals surface area (Å²) in [5.74, 6) is -0.114. The van der Waals surface area contributed by atoms with Gasteiger partial charge in [0.1, 0.15) is 0 Å². The molecule has 1 saturated carbocycles. The van der Waals surface area contributed by atoms with Gasteiger partial charge in [-0.3, -0.25) is 4.79 Å². The lowest BCUT2D eigenvalue weighted by molar-refractivity contribution is 0.0928. The smallest absolute Gasteiger partial charge is 0.253 e. The number of carbonyl (C=O) groups is 1. The molecule has 0 aromatic carbocycles. The fourth-order valence-corrected chi connectivity index (χ4v) is 1.94. The van der Waals surface area contributed by atoms with Gasteiger partial charge in [0.25, 0.3) is 5.91 Å². The van der Waals surface area contributed by atoms with E-state index in [4.69, 9.17) is 5.73 Å². The van der Waals surface area contributed by atoms with Crippen molar-refractivity contribution in [3.63, 3.8) is 0 Å². The van der Waals surface area contributed by atoms with Crippen LogP contribution in [0, 0.1) is 13.8 Å². The standard InChI is InChI=1S/C12H18N4O/c1-8-6-10(9(2)16-15-8)11(17)14-7-12(13)4-3-5-12/h6H,3-5,7,13H2,1-2H3,(H,14,17). The van der Waals surface area contributed by atoms with E-state index >= 15 is 0 Å². The Kier molecular flexibility index (Phi) is 3.11. The lowest BCUT2D eigenvalue weighted by atomic mass is 9.78. The Labute approximate surface area is 101 Å². The molecule has 0 bridgehead atoms. The number of carbonyl (C=O) groups excluding carboxylic acids is 1. The summed E-state index contributed by atoms with van der Waals surface area (Å²) in [4.78, 5) is 12.0. The van der Waals surface area contributed by atoms with Crippen molar-refractivity contribution < 1.29 is 4.79 Å². The highest BCUT2D eigenvalue weighted by molar-refractivity contribution is 5.95. The fraction of sp³-hybridized carbons (Fsp3) is 0.583. The van der Waals surface area contributed by atoms with E-state index in [1.807, 2.05) is 6.92 Å². The molecule has 1 fully saturated rings. The summed E-state index contributed by atoms with van der Waals surface area (Å²) >= 11 is 0. The van der Waals surface area contributed by atoms with Gasteiger partial charge in [-0.05, 0) is 39.2 Å². The number of rotatable bonds is 3. The van der Waals surface area contributed by atoms with E-state index in [0.29, 0.717) is 17.8 Å². The summed E-state index contributed by atoms with van der Waals surface area (Å²) in [5.41, 5.74) is 7.83. The molecule has 92 valence electrons. The molecule has 5 nitrogen and oxygen atoms in total. The largest absolute Gasteiger partial charge is 0.350 e. The number of nitrogens with two attached hydrogens (primary N) is 1. The molecule has 0 radical (unpaired) electrons. The van der Waals surface area contributed by atoms with E-state index in [9.17, 15) is 4.79 Å². The van der Waals surface area contributed by atoms with Crippen LogP contribution in [0.2, 0.25) is 0 Å². The van der Waals surface area contributed by atoms with Crippen molar-refractivity contribution in [1.82, 2.24) is 15.5 Å². The van der Waals surface area contributed by atoms with Crippen LogP contribution in [0.15, 0.2) is 6.07 Å². The van der Waals surface area contributed by atoms with Crippen molar-refractivity contribution in [3.8, 4) is 0 Å². The lowest BCUT2D eigenvalue weighted by Crippen LogP contribution is -2.55. The number of aryl methyl sites for hydroxylation is 2. The van der Waals surface area contributed by atoms with Crippen LogP contribution in [0.25, 0.3) is 0 Å². The molecule has 0 aliphatic heterocycles. The molecule has 1 heterocycles. The van der Waals surface area contributed by atoms with Crippen LogP contribution < -0.4 is 11.1 Å². The summed E-state index contributed by atoms with van der Waals surface area (Å²) in [6.45, 7) is 4.13. The van der Waals surface area contributed by atoms with E-state index in [1.54, 1.807) is 13.0 Å². The molecule has 1 amide bonds. The molecule has 3 N–H and O–H groups in total. The first-order valence-corrected chi connectivity index (χ1v) is 5.88. The van der Waals surface area contributed by atoms with Crippen molar-refractivity contribution >= 4 is 5.91 Å². The van der Waals surface area contributed by atoms with E-state index in [2.05, 4.69) is 15.5 Å². The zero-order valence-electron chi connectivity index (χ0n) is 10.3. The third-order valence-corrected chi connectivity index (χ3v) is 3.30. The van der Waals surface area contributed by atoms with Crippen molar-refractivity contribution in [2.45, 2.75) is 38.6 Å². The number of hydrogen-bond acceptors (Lipinski definition) is 4. The number of nitrogens with zero attached hydrogens (tertiary/aromatic N) is 2. The van der Waals surface area contributed by atoms with Crippen molar-refractivity contribution in [3.05, 3.63) is 23.0 Å². The minimum atomic E-state index is -0.195. The van der Waals surface area contributed by atoms with Crippen molar-refractivity contribution in [1.29, 1.82) is 0 Å². The minimum absolute atomic E-state index is 0.114. The number of aromatic nitrogens is 2. The summed E-state index contributed by atoms with van der Waals surface area (Å²) in [6.07, 6.45) is 3.13. The monoisotopic (exact) mass is 234 g/mol. The van der Waals surface area contributed by atoms with Crippen LogP contribution in [0.1, 0.15) is 41.0 Å². The van der Waals surface area contributed by atoms with Gasteiger partial charge in [0.2, 0.25) is 0 Å². The minimum Gasteiger partial charge on any atom is -0.350 e. The summed E-state index contributed by atoms with van der Waals surface area (Å²) in [5, 5.41) is 10.7. The highest BCUT2D eigenvalue weighted by atomic mass is 16.1. The molecule has 1 aliphatic rings. The third-order valence-electron chi connectivity index (χ3n) is 3.30. The number of amides is 1. The van der Waals surface area contributed by atoms with E-state index in [-0.39, 0.29) is 11.4 Å². The van der Waals surface area contributed by atoms with E-state index in [1.165, 1.54) is 0 Å². The molecule has 5 heteroatoms. The van der Waals surface area contributed by atoms with Crippen LogP contribution >= 0.6 is 0 Å². The zero-order valence-corrected chi connectivity index (χ0v) is 10.3. The maximum Gasteiger partial charge on any atom is 0.253 e. The predicted molar refractivity (Wildman–Crippen MR) is 64.6 cm³/mol. The summed E-state index contributed by atoms with van der Waals surface area (Å²) < 4.78 is 0. The second-order valence-corrected chi connectivity index (χ2v) is 4.88. The molecule has 1 aromatic rings. The van der Waals surface area contributed by atoms with Crippen LogP contribution in [0.3, 0.4) is 0 Å². The molecule has 0 unspecified atom stereocenters. The van der Waals surface area contributed by atoms with Gasteiger partial charge in [-0.15, -0.1) is 0 Å². The number of nitrogens with one attached hydrogen (secondary N) is 1. The molecule has 1 aliphatic carbocycles. The molecule has 0 saturated heterocycles. The molecule has 1 aromatic heterocycles. The highest BCUT2D eigenvalue weighted by Crippen LogP contribution is 2.28. The zero-order chi connectivity index (χ0) is 12.5. The Hall–Kier alpha value is -1.49. The van der Waals surface area contributed by atoms with Gasteiger partial charge in [-0.1, -0.05) is 0 Å². The second kappa shape index (κ2) is 4.41. The van der Waals surface area contributed by atoms with Gasteiger partial charge in [0.15, 0.2) is 0 Å². The Morgan fingerprint density at radius 3 is 2.76 bits per heavy atom. The van der Waals surface area contributed by atoms with Crippen molar-refractivity contribution in [2.75, 3.05) is 6.54 Å². The fourth-order valence-electron chi connectivity index (χ4n) is 1.94. The molecule has 0 spiro atoms. The average Bonchev–Trinajstić information content (AvgIpc) is 2.26. The Balaban J connectivity index is 2.01. The van der Waals surface area contributed by atoms with Gasteiger partial charge in [0, 0.05) is 12.1 Å². The first kappa shape index (κ1) is 12.0. The first-order valence-electron chi connectivity index (χ1n) is 5.88. The quantitative estimate of drug-likeness (QED) is 0.807. The maximum atomic E-state index is 12.0. The van der Waals surface area contributed by atoms with E-state index < -0.39 is 0 Å². The molecule has 17 heavy (non-hydrogen) atoms. The Bertz CT molecular complexity index is 440. The first-order chi connectivity index (χ1) is 8.00. The normalized spacial score (nSPS) is 17.4. The Morgan fingerprint density at radius 1 is 1.47 bits per heavy atom. The molecular weight excluding hydrogens is 216 g/mol. The SMILES string of the molecule is Cc1cc(C(=O)NCC2(N)CCC2)c(C)nn1. The van der Waals surface area contributed by atoms with Crippen LogP contribution in [-0.2, 0) is 0 Å². The summed E-state index contributed by atoms with van der Waals surface area (Å²) in [7, 11) is 0. The van der Waals surface area contributed by atoms with Gasteiger partial charge in [-0.2, -0.15) is 10.2 Å². The maximum absolute atomic E-state index is 12.0. The van der Waals surface area contributed by atoms with Crippen molar-refractivity contribution in [2.24, 2.45) is 5.73 Å². The molecule has 0 atom stereocenters. The van der Waals surface area contributed by atoms with Gasteiger partial charge < -0.3 is 11.1 Å². The van der Waals surface area contributed by atoms with Gasteiger partial charge >= 0.3 is 0 Å². The molecule has 2 rings (SSSR count). The third kappa shape index (κ3) is 2.61. The van der Waals surface area contributed by atoms with Crippen LogP contribution in [0.5, 0.6) is 0 Å². The number of hydrogen-bond donors (Lipinski definition) is 2.